The molecule has 0 amide bonds. The van der Waals surface area contributed by atoms with Crippen molar-refractivity contribution in [2.45, 2.75) is 150 Å². The summed E-state index contributed by atoms with van der Waals surface area (Å²) in [7, 11) is 0. The molecule has 8 aliphatic carbocycles. The van der Waals surface area contributed by atoms with Crippen molar-refractivity contribution in [1.82, 2.24) is 0 Å². The van der Waals surface area contributed by atoms with Gasteiger partial charge in [0.15, 0.2) is 5.78 Å². The van der Waals surface area contributed by atoms with Gasteiger partial charge in [-0.05, 0) is 148 Å². The zero-order valence-corrected chi connectivity index (χ0v) is 31.3. The van der Waals surface area contributed by atoms with Crippen LogP contribution in [0.1, 0.15) is 138 Å². The maximum absolute atomic E-state index is 13.4. The maximum atomic E-state index is 13.4. The molecular formula is C44H62O5. The average Bonchev–Trinajstić information content (AvgIpc) is 3.54. The van der Waals surface area contributed by atoms with Gasteiger partial charge in [-0.15, -0.1) is 0 Å². The quantitative estimate of drug-likeness (QED) is 0.220. The number of ketones is 1. The third kappa shape index (κ3) is 5.07. The van der Waals surface area contributed by atoms with Gasteiger partial charge in [-0.1, -0.05) is 70.9 Å². The number of carbonyl (C=O) groups excluding carboxylic acids is 3. The van der Waals surface area contributed by atoms with Gasteiger partial charge in [0.1, 0.15) is 18.6 Å². The van der Waals surface area contributed by atoms with Gasteiger partial charge in [-0.2, -0.15) is 0 Å². The molecule has 0 aliphatic heterocycles. The zero-order valence-electron chi connectivity index (χ0n) is 31.3. The van der Waals surface area contributed by atoms with Gasteiger partial charge in [0.25, 0.3) is 0 Å². The van der Waals surface area contributed by atoms with Crippen LogP contribution >= 0.6 is 0 Å². The third-order valence-corrected chi connectivity index (χ3v) is 17.4. The molecule has 0 N–H and O–H groups in total. The Morgan fingerprint density at radius 1 is 0.673 bits per heavy atom. The van der Waals surface area contributed by atoms with Crippen LogP contribution in [0, 0.1) is 69.0 Å². The van der Waals surface area contributed by atoms with E-state index in [4.69, 9.17) is 9.47 Å². The molecule has 14 unspecified atom stereocenters. The summed E-state index contributed by atoms with van der Waals surface area (Å²) < 4.78 is 12.5. The fourth-order valence-corrected chi connectivity index (χ4v) is 14.7. The lowest BCUT2D eigenvalue weighted by atomic mass is 9.45. The minimum absolute atomic E-state index is 0.0242. The summed E-state index contributed by atoms with van der Waals surface area (Å²) in [6.07, 6.45) is 18.4. The zero-order chi connectivity index (χ0) is 34.7. The van der Waals surface area contributed by atoms with Crippen LogP contribution in [0.15, 0.2) is 35.5 Å². The van der Waals surface area contributed by atoms with Crippen LogP contribution in [-0.4, -0.2) is 29.9 Å². The van der Waals surface area contributed by atoms with Crippen molar-refractivity contribution in [3.05, 3.63) is 35.5 Å². The Morgan fingerprint density at radius 2 is 1.14 bits per heavy atom. The second kappa shape index (κ2) is 11.7. The van der Waals surface area contributed by atoms with Crippen LogP contribution < -0.4 is 0 Å². The molecule has 6 saturated carbocycles. The molecule has 0 spiro atoms. The number of allylic oxidation sites excluding steroid dienone is 4. The van der Waals surface area contributed by atoms with Crippen LogP contribution in [0.2, 0.25) is 0 Å². The Balaban J connectivity index is 0.899. The largest absolute Gasteiger partial charge is 0.461 e. The first-order chi connectivity index (χ1) is 23.2. The first-order valence-corrected chi connectivity index (χ1v) is 20.2. The van der Waals surface area contributed by atoms with E-state index >= 15 is 0 Å². The predicted octanol–water partition coefficient (Wildman–Crippen LogP) is 9.74. The highest BCUT2D eigenvalue weighted by Gasteiger charge is 2.63. The van der Waals surface area contributed by atoms with E-state index in [2.05, 4.69) is 54.2 Å². The van der Waals surface area contributed by atoms with Crippen LogP contribution in [-0.2, 0) is 23.9 Å². The molecule has 8 rings (SSSR count). The maximum Gasteiger partial charge on any atom is 0.317 e. The molecule has 0 aromatic carbocycles. The smallest absolute Gasteiger partial charge is 0.317 e. The van der Waals surface area contributed by atoms with E-state index in [0.29, 0.717) is 59.5 Å². The summed E-state index contributed by atoms with van der Waals surface area (Å²) in [6.45, 7) is 18.8. The summed E-state index contributed by atoms with van der Waals surface area (Å²) >= 11 is 0. The summed E-state index contributed by atoms with van der Waals surface area (Å²) in [6, 6.07) is 0. The molecule has 0 saturated heterocycles. The van der Waals surface area contributed by atoms with Gasteiger partial charge in [0.2, 0.25) is 0 Å². The van der Waals surface area contributed by atoms with Crippen molar-refractivity contribution in [1.29, 1.82) is 0 Å². The highest BCUT2D eigenvalue weighted by Crippen LogP contribution is 2.68. The van der Waals surface area contributed by atoms with Gasteiger partial charge in [-0.25, -0.2) is 0 Å². The number of fused-ring (bicyclic) bond motifs is 10. The number of ether oxygens (including phenoxy) is 2. The first kappa shape index (κ1) is 33.9. The lowest BCUT2D eigenvalue weighted by Crippen LogP contribution is -2.54. The average molecular weight is 671 g/mol. The van der Waals surface area contributed by atoms with Gasteiger partial charge < -0.3 is 9.47 Å². The van der Waals surface area contributed by atoms with Crippen molar-refractivity contribution in [3.63, 3.8) is 0 Å². The van der Waals surface area contributed by atoms with E-state index in [1.807, 2.05) is 6.08 Å². The molecule has 14 atom stereocenters. The molecule has 0 radical (unpaired) electrons. The molecule has 6 fully saturated rings. The van der Waals surface area contributed by atoms with Crippen LogP contribution in [0.4, 0.5) is 0 Å². The summed E-state index contributed by atoms with van der Waals surface area (Å²) in [5.41, 5.74) is 4.63. The van der Waals surface area contributed by atoms with Crippen molar-refractivity contribution >= 4 is 17.7 Å². The SMILES string of the molecule is C=C1C=C2CC(C)C3C(CCC4(C)C(OC(=O)CC(=O)OC5CCC6C7C(C)CC8=CC(=O)CCC8(C)C7CCC56C)CCC34)C2(C)CC1. The summed E-state index contributed by atoms with van der Waals surface area (Å²) in [5, 5.41) is 0. The molecule has 5 nitrogen and oxygen atoms in total. The monoisotopic (exact) mass is 670 g/mol. The number of hydrogen-bond donors (Lipinski definition) is 0. The van der Waals surface area contributed by atoms with E-state index in [1.54, 1.807) is 5.57 Å². The Morgan fingerprint density at radius 3 is 1.65 bits per heavy atom. The topological polar surface area (TPSA) is 69.7 Å². The molecule has 268 valence electrons. The lowest BCUT2D eigenvalue weighted by molar-refractivity contribution is -0.172. The Labute approximate surface area is 295 Å². The highest BCUT2D eigenvalue weighted by molar-refractivity contribution is 5.92. The Hall–Kier alpha value is -2.17. The molecule has 0 bridgehead atoms. The van der Waals surface area contributed by atoms with Crippen LogP contribution in [0.3, 0.4) is 0 Å². The normalized spacial score (nSPS) is 50.0. The number of rotatable bonds is 4. The summed E-state index contributed by atoms with van der Waals surface area (Å²) in [4.78, 5) is 39.2. The van der Waals surface area contributed by atoms with Crippen molar-refractivity contribution in [2.24, 2.45) is 69.0 Å². The molecule has 49 heavy (non-hydrogen) atoms. The number of carbonyl (C=O) groups is 3. The number of esters is 2. The van der Waals surface area contributed by atoms with Gasteiger partial charge in [0.05, 0.1) is 0 Å². The van der Waals surface area contributed by atoms with Crippen LogP contribution in [0.5, 0.6) is 0 Å². The Kier molecular flexibility index (Phi) is 8.09. The van der Waals surface area contributed by atoms with E-state index in [-0.39, 0.29) is 40.3 Å². The van der Waals surface area contributed by atoms with Gasteiger partial charge in [-0.3, -0.25) is 14.4 Å². The standard InChI is InChI=1S/C44H62O5/c1-25-12-16-41(4)28(20-25)21-26(2)39-31-8-10-35(43(31,6)18-14-33(39)41)48-37(46)24-38(47)49-36-11-9-32-40-27(3)22-29-23-30(45)13-17-42(29,5)34(40)15-19-44(32,36)7/h20,23,26-27,31-36,39-40H,1,8-19,21-22,24H2,2-7H3. The fraction of sp³-hybridized carbons (Fsp3) is 0.795. The second-order valence-corrected chi connectivity index (χ2v) is 19.6. The predicted molar refractivity (Wildman–Crippen MR) is 191 cm³/mol. The second-order valence-electron chi connectivity index (χ2n) is 19.6. The van der Waals surface area contributed by atoms with Crippen molar-refractivity contribution in [2.75, 3.05) is 0 Å². The molecular weight excluding hydrogens is 608 g/mol. The molecule has 5 heteroatoms. The molecule has 0 aromatic rings. The highest BCUT2D eigenvalue weighted by atomic mass is 16.6. The van der Waals surface area contributed by atoms with Crippen LogP contribution in [0.25, 0.3) is 0 Å². The lowest BCUT2D eigenvalue weighted by Gasteiger charge is -2.60. The van der Waals surface area contributed by atoms with E-state index in [1.165, 1.54) is 30.4 Å². The fourth-order valence-electron chi connectivity index (χ4n) is 14.7. The van der Waals surface area contributed by atoms with Crippen molar-refractivity contribution in [3.8, 4) is 0 Å². The minimum atomic E-state index is -0.408. The van der Waals surface area contributed by atoms with Crippen molar-refractivity contribution < 1.29 is 23.9 Å². The molecule has 0 aromatic heterocycles. The molecule has 0 heterocycles. The first-order valence-electron chi connectivity index (χ1n) is 20.2. The van der Waals surface area contributed by atoms with Gasteiger partial charge in [0, 0.05) is 17.3 Å². The Bertz CT molecular complexity index is 1390. The molecule has 8 aliphatic rings. The minimum Gasteiger partial charge on any atom is -0.461 e. The van der Waals surface area contributed by atoms with Gasteiger partial charge >= 0.3 is 11.9 Å². The third-order valence-electron chi connectivity index (χ3n) is 17.4. The number of hydrogen-bond acceptors (Lipinski definition) is 5. The van der Waals surface area contributed by atoms with E-state index in [0.717, 1.165) is 64.2 Å². The van der Waals surface area contributed by atoms with E-state index in [9.17, 15) is 14.4 Å². The summed E-state index contributed by atoms with van der Waals surface area (Å²) in [5.74, 6) is 4.23. The van der Waals surface area contributed by atoms with E-state index < -0.39 is 11.9 Å².